The monoisotopic (exact) mass is 359 g/mol. The van der Waals surface area contributed by atoms with E-state index in [1.54, 1.807) is 12.1 Å². The zero-order valence-electron chi connectivity index (χ0n) is 14.3. The van der Waals surface area contributed by atoms with E-state index in [0.717, 1.165) is 5.75 Å². The molecule has 0 bridgehead atoms. The molecule has 0 unspecified atom stereocenters. The Labute approximate surface area is 153 Å². The van der Waals surface area contributed by atoms with Crippen molar-refractivity contribution in [2.75, 3.05) is 19.8 Å². The first-order valence-corrected chi connectivity index (χ1v) is 8.88. The quantitative estimate of drug-likeness (QED) is 0.608. The van der Waals surface area contributed by atoms with E-state index in [4.69, 9.17) is 21.1 Å². The zero-order chi connectivity index (χ0) is 17.7. The van der Waals surface area contributed by atoms with Crippen molar-refractivity contribution in [1.82, 2.24) is 5.32 Å². The smallest absolute Gasteiger partial charge is 0.327 e. The first-order chi connectivity index (χ1) is 12.1. The molecule has 1 aliphatic rings. The summed E-state index contributed by atoms with van der Waals surface area (Å²) in [6, 6.07) is 15.4. The van der Waals surface area contributed by atoms with Crippen LogP contribution in [0.3, 0.4) is 0 Å². The summed E-state index contributed by atoms with van der Waals surface area (Å²) in [5, 5.41) is 4.06. The van der Waals surface area contributed by atoms with Gasteiger partial charge in [0, 0.05) is 24.4 Å². The molecule has 25 heavy (non-hydrogen) atoms. The van der Waals surface area contributed by atoms with Crippen molar-refractivity contribution in [2.24, 2.45) is 0 Å². The third kappa shape index (κ3) is 4.14. The van der Waals surface area contributed by atoms with Gasteiger partial charge in [-0.1, -0.05) is 35.9 Å². The molecular formula is C20H22ClNO3. The van der Waals surface area contributed by atoms with Crippen molar-refractivity contribution in [1.29, 1.82) is 0 Å². The molecule has 0 spiro atoms. The highest BCUT2D eigenvalue weighted by Gasteiger charge is 2.44. The zero-order valence-corrected chi connectivity index (χ0v) is 15.0. The molecule has 4 nitrogen and oxygen atoms in total. The number of carbonyl (C=O) groups is 1. The summed E-state index contributed by atoms with van der Waals surface area (Å²) in [6.45, 7) is 3.21. The minimum Gasteiger partial charge on any atom is -0.492 e. The van der Waals surface area contributed by atoms with Gasteiger partial charge >= 0.3 is 5.97 Å². The summed E-state index contributed by atoms with van der Waals surface area (Å²) in [7, 11) is 0. The fourth-order valence-corrected chi connectivity index (χ4v) is 3.34. The van der Waals surface area contributed by atoms with Crippen LogP contribution in [-0.2, 0) is 22.4 Å². The van der Waals surface area contributed by atoms with E-state index in [2.05, 4.69) is 17.4 Å². The van der Waals surface area contributed by atoms with E-state index in [9.17, 15) is 4.79 Å². The summed E-state index contributed by atoms with van der Waals surface area (Å²) >= 11 is 5.87. The molecule has 2 aromatic carbocycles. The Balaban J connectivity index is 1.61. The van der Waals surface area contributed by atoms with Crippen LogP contribution < -0.4 is 10.1 Å². The first kappa shape index (κ1) is 17.8. The molecule has 0 aromatic heterocycles. The maximum atomic E-state index is 12.6. The minimum atomic E-state index is -0.705. The van der Waals surface area contributed by atoms with E-state index >= 15 is 0 Å². The van der Waals surface area contributed by atoms with Gasteiger partial charge in [-0.25, -0.2) is 0 Å². The lowest BCUT2D eigenvalue weighted by molar-refractivity contribution is -0.151. The Morgan fingerprint density at radius 3 is 2.36 bits per heavy atom. The number of ether oxygens (including phenoxy) is 2. The average Bonchev–Trinajstić information content (AvgIpc) is 3.00. The van der Waals surface area contributed by atoms with Crippen molar-refractivity contribution in [3.05, 3.63) is 64.7 Å². The van der Waals surface area contributed by atoms with Gasteiger partial charge in [0.05, 0.1) is 6.61 Å². The van der Waals surface area contributed by atoms with Crippen LogP contribution in [0.15, 0.2) is 48.5 Å². The third-order valence-electron chi connectivity index (χ3n) is 4.42. The van der Waals surface area contributed by atoms with Crippen molar-refractivity contribution >= 4 is 17.6 Å². The summed E-state index contributed by atoms with van der Waals surface area (Å²) in [5.74, 6) is 0.559. The standard InChI is InChI=1S/C20H22ClNO3/c1-2-24-19(23)20(13-15-5-3-4-6-16(15)14-20)22-11-12-25-18-9-7-17(21)8-10-18/h3-10,22H,2,11-14H2,1H3. The largest absolute Gasteiger partial charge is 0.492 e. The second kappa shape index (κ2) is 7.89. The number of esters is 1. The van der Waals surface area contributed by atoms with E-state index in [-0.39, 0.29) is 5.97 Å². The lowest BCUT2D eigenvalue weighted by Gasteiger charge is -2.28. The Morgan fingerprint density at radius 1 is 1.12 bits per heavy atom. The molecule has 2 aromatic rings. The highest BCUT2D eigenvalue weighted by Crippen LogP contribution is 2.31. The number of hydrogen-bond acceptors (Lipinski definition) is 4. The lowest BCUT2D eigenvalue weighted by Crippen LogP contribution is -2.55. The highest BCUT2D eigenvalue weighted by molar-refractivity contribution is 6.30. The van der Waals surface area contributed by atoms with Crippen LogP contribution in [0.4, 0.5) is 0 Å². The van der Waals surface area contributed by atoms with Gasteiger partial charge in [-0.2, -0.15) is 0 Å². The maximum absolute atomic E-state index is 12.6. The molecule has 0 saturated carbocycles. The molecule has 0 aliphatic heterocycles. The van der Waals surface area contributed by atoms with Gasteiger partial charge in [-0.05, 0) is 42.3 Å². The fraction of sp³-hybridized carbons (Fsp3) is 0.350. The molecule has 0 amide bonds. The summed E-state index contributed by atoms with van der Waals surface area (Å²) in [6.07, 6.45) is 1.28. The molecule has 0 radical (unpaired) electrons. The van der Waals surface area contributed by atoms with Crippen LogP contribution in [0.25, 0.3) is 0 Å². The molecule has 5 heteroatoms. The number of carbonyl (C=O) groups excluding carboxylic acids is 1. The molecule has 1 aliphatic carbocycles. The number of fused-ring (bicyclic) bond motifs is 1. The Hall–Kier alpha value is -2.04. The molecule has 0 saturated heterocycles. The van der Waals surface area contributed by atoms with Gasteiger partial charge in [0.1, 0.15) is 17.9 Å². The van der Waals surface area contributed by atoms with Gasteiger partial charge in [-0.15, -0.1) is 0 Å². The topological polar surface area (TPSA) is 47.6 Å². The van der Waals surface area contributed by atoms with Crippen LogP contribution in [0, 0.1) is 0 Å². The van der Waals surface area contributed by atoms with Crippen LogP contribution in [0.5, 0.6) is 5.75 Å². The fourth-order valence-electron chi connectivity index (χ4n) is 3.22. The minimum absolute atomic E-state index is 0.197. The Morgan fingerprint density at radius 2 is 1.76 bits per heavy atom. The molecule has 0 atom stereocenters. The van der Waals surface area contributed by atoms with E-state index < -0.39 is 5.54 Å². The van der Waals surface area contributed by atoms with Crippen molar-refractivity contribution in [2.45, 2.75) is 25.3 Å². The predicted molar refractivity (Wildman–Crippen MR) is 98.2 cm³/mol. The maximum Gasteiger partial charge on any atom is 0.327 e. The van der Waals surface area contributed by atoms with Gasteiger partial charge in [0.25, 0.3) is 0 Å². The number of rotatable bonds is 7. The summed E-state index contributed by atoms with van der Waals surface area (Å²) in [4.78, 5) is 12.6. The number of halogens is 1. The summed E-state index contributed by atoms with van der Waals surface area (Å²) in [5.41, 5.74) is 1.69. The van der Waals surface area contributed by atoms with Crippen LogP contribution in [0.2, 0.25) is 5.02 Å². The highest BCUT2D eigenvalue weighted by atomic mass is 35.5. The van der Waals surface area contributed by atoms with Gasteiger partial charge in [0.15, 0.2) is 0 Å². The van der Waals surface area contributed by atoms with Gasteiger partial charge < -0.3 is 9.47 Å². The number of benzene rings is 2. The van der Waals surface area contributed by atoms with Crippen LogP contribution >= 0.6 is 11.6 Å². The normalized spacial score (nSPS) is 14.8. The van der Waals surface area contributed by atoms with Crippen molar-refractivity contribution in [3.8, 4) is 5.75 Å². The van der Waals surface area contributed by atoms with Gasteiger partial charge in [-0.3, -0.25) is 10.1 Å². The SMILES string of the molecule is CCOC(=O)C1(NCCOc2ccc(Cl)cc2)Cc2ccccc2C1. The molecule has 1 N–H and O–H groups in total. The molecule has 0 heterocycles. The van der Waals surface area contributed by atoms with Crippen LogP contribution in [0.1, 0.15) is 18.1 Å². The second-order valence-corrected chi connectivity index (χ2v) is 6.59. The average molecular weight is 360 g/mol. The number of hydrogen-bond donors (Lipinski definition) is 1. The molecule has 0 fully saturated rings. The van der Waals surface area contributed by atoms with Crippen molar-refractivity contribution < 1.29 is 14.3 Å². The van der Waals surface area contributed by atoms with Gasteiger partial charge in [0.2, 0.25) is 0 Å². The Kier molecular flexibility index (Phi) is 5.61. The lowest BCUT2D eigenvalue weighted by atomic mass is 9.95. The predicted octanol–water partition coefficient (Wildman–Crippen LogP) is 3.41. The summed E-state index contributed by atoms with van der Waals surface area (Å²) < 4.78 is 11.0. The Bertz CT molecular complexity index is 705. The third-order valence-corrected chi connectivity index (χ3v) is 4.67. The number of nitrogens with one attached hydrogen (secondary N) is 1. The van der Waals surface area contributed by atoms with E-state index in [0.29, 0.717) is 37.6 Å². The van der Waals surface area contributed by atoms with Crippen molar-refractivity contribution in [3.63, 3.8) is 0 Å². The van der Waals surface area contributed by atoms with Crippen LogP contribution in [-0.4, -0.2) is 31.3 Å². The molecule has 132 valence electrons. The molecule has 3 rings (SSSR count). The first-order valence-electron chi connectivity index (χ1n) is 8.50. The van der Waals surface area contributed by atoms with E-state index in [1.165, 1.54) is 11.1 Å². The second-order valence-electron chi connectivity index (χ2n) is 6.15. The molecular weight excluding hydrogens is 338 g/mol. The van der Waals surface area contributed by atoms with E-state index in [1.807, 2.05) is 31.2 Å².